The molecule has 1 amide bonds. The van der Waals surface area contributed by atoms with Gasteiger partial charge in [-0.2, -0.15) is 0 Å². The Balaban J connectivity index is 1.33. The Morgan fingerprint density at radius 1 is 0.966 bits per heavy atom. The lowest BCUT2D eigenvalue weighted by Gasteiger charge is -2.34. The third-order valence-corrected chi connectivity index (χ3v) is 4.81. The average Bonchev–Trinajstić information content (AvgIpc) is 2.79. The van der Waals surface area contributed by atoms with Gasteiger partial charge in [0.2, 0.25) is 5.91 Å². The van der Waals surface area contributed by atoms with Crippen LogP contribution in [0.3, 0.4) is 0 Å². The molecule has 0 radical (unpaired) electrons. The van der Waals surface area contributed by atoms with Crippen LogP contribution in [0.25, 0.3) is 17.3 Å². The van der Waals surface area contributed by atoms with Crippen LogP contribution in [0.15, 0.2) is 67.0 Å². The van der Waals surface area contributed by atoms with E-state index in [4.69, 9.17) is 0 Å². The van der Waals surface area contributed by atoms with Crippen LogP contribution in [0.4, 0.5) is 10.2 Å². The monoisotopic (exact) mass is 389 g/mol. The predicted molar refractivity (Wildman–Crippen MR) is 109 cm³/mol. The molecule has 4 rings (SSSR count). The second-order valence-corrected chi connectivity index (χ2v) is 6.72. The smallest absolute Gasteiger partial charge is 0.246 e. The van der Waals surface area contributed by atoms with Gasteiger partial charge in [0.1, 0.15) is 5.82 Å². The van der Waals surface area contributed by atoms with E-state index in [-0.39, 0.29) is 11.7 Å². The van der Waals surface area contributed by atoms with E-state index in [2.05, 4.69) is 20.1 Å². The quantitative estimate of drug-likeness (QED) is 0.642. The highest BCUT2D eigenvalue weighted by molar-refractivity contribution is 5.91. The van der Waals surface area contributed by atoms with Crippen molar-refractivity contribution in [3.05, 3.63) is 78.4 Å². The third kappa shape index (κ3) is 4.63. The van der Waals surface area contributed by atoms with Crippen molar-refractivity contribution in [1.29, 1.82) is 0 Å². The van der Waals surface area contributed by atoms with Gasteiger partial charge in [0.25, 0.3) is 0 Å². The lowest BCUT2D eigenvalue weighted by Crippen LogP contribution is -2.48. The predicted octanol–water partition coefficient (Wildman–Crippen LogP) is 3.04. The van der Waals surface area contributed by atoms with E-state index in [0.29, 0.717) is 26.2 Å². The summed E-state index contributed by atoms with van der Waals surface area (Å²) in [6.07, 6.45) is 6.72. The van der Waals surface area contributed by atoms with Gasteiger partial charge in [0.15, 0.2) is 5.82 Å². The number of carbonyl (C=O) groups is 1. The number of aromatic nitrogens is 3. The molecular formula is C22H20FN5O. The molecule has 2 aromatic heterocycles. The van der Waals surface area contributed by atoms with Crippen molar-refractivity contribution in [3.8, 4) is 11.3 Å². The van der Waals surface area contributed by atoms with Gasteiger partial charge < -0.3 is 9.80 Å². The number of anilines is 1. The second-order valence-electron chi connectivity index (χ2n) is 6.72. The number of rotatable bonds is 4. The largest absolute Gasteiger partial charge is 0.352 e. The van der Waals surface area contributed by atoms with Crippen LogP contribution in [0.5, 0.6) is 0 Å². The number of amides is 1. The first-order chi connectivity index (χ1) is 14.2. The summed E-state index contributed by atoms with van der Waals surface area (Å²) in [4.78, 5) is 20.4. The molecule has 3 aromatic rings. The van der Waals surface area contributed by atoms with Crippen molar-refractivity contribution in [2.45, 2.75) is 0 Å². The van der Waals surface area contributed by atoms with Crippen molar-refractivity contribution in [1.82, 2.24) is 20.1 Å². The summed E-state index contributed by atoms with van der Waals surface area (Å²) in [5.74, 6) is 0.458. The molecule has 29 heavy (non-hydrogen) atoms. The number of hydrogen-bond donors (Lipinski definition) is 0. The summed E-state index contributed by atoms with van der Waals surface area (Å²) in [6, 6.07) is 13.7. The van der Waals surface area contributed by atoms with Crippen molar-refractivity contribution < 1.29 is 9.18 Å². The maximum atomic E-state index is 12.9. The van der Waals surface area contributed by atoms with Gasteiger partial charge in [-0.05, 0) is 48.0 Å². The van der Waals surface area contributed by atoms with Crippen LogP contribution in [0, 0.1) is 5.82 Å². The van der Waals surface area contributed by atoms with Crippen molar-refractivity contribution in [3.63, 3.8) is 0 Å². The fourth-order valence-electron chi connectivity index (χ4n) is 3.16. The minimum absolute atomic E-state index is 0.0491. The van der Waals surface area contributed by atoms with E-state index in [1.54, 1.807) is 35.5 Å². The van der Waals surface area contributed by atoms with Crippen LogP contribution in [-0.4, -0.2) is 52.2 Å². The summed E-state index contributed by atoms with van der Waals surface area (Å²) in [7, 11) is 0. The highest BCUT2D eigenvalue weighted by Crippen LogP contribution is 2.18. The molecule has 1 saturated heterocycles. The Morgan fingerprint density at radius 2 is 1.76 bits per heavy atom. The molecule has 0 spiro atoms. The molecule has 1 aliphatic heterocycles. The molecule has 0 atom stereocenters. The first-order valence-electron chi connectivity index (χ1n) is 9.41. The van der Waals surface area contributed by atoms with E-state index < -0.39 is 0 Å². The van der Waals surface area contributed by atoms with Crippen molar-refractivity contribution >= 4 is 17.8 Å². The Bertz CT molecular complexity index is 982. The van der Waals surface area contributed by atoms with E-state index in [1.165, 1.54) is 18.2 Å². The van der Waals surface area contributed by atoms with E-state index in [9.17, 15) is 9.18 Å². The second kappa shape index (κ2) is 8.60. The fourth-order valence-corrected chi connectivity index (χ4v) is 3.16. The zero-order valence-corrected chi connectivity index (χ0v) is 15.8. The first-order valence-corrected chi connectivity index (χ1v) is 9.41. The number of halogens is 1. The normalized spacial score (nSPS) is 14.4. The summed E-state index contributed by atoms with van der Waals surface area (Å²) < 4.78 is 12.9. The molecule has 3 heterocycles. The van der Waals surface area contributed by atoms with Gasteiger partial charge in [-0.15, -0.1) is 10.2 Å². The van der Waals surface area contributed by atoms with Gasteiger partial charge in [-0.1, -0.05) is 12.1 Å². The topological polar surface area (TPSA) is 62.2 Å². The zero-order valence-electron chi connectivity index (χ0n) is 15.8. The minimum atomic E-state index is -0.291. The van der Waals surface area contributed by atoms with Crippen LogP contribution in [0.2, 0.25) is 0 Å². The van der Waals surface area contributed by atoms with E-state index in [1.807, 2.05) is 24.3 Å². The molecule has 7 heteroatoms. The van der Waals surface area contributed by atoms with Crippen LogP contribution in [0.1, 0.15) is 5.56 Å². The van der Waals surface area contributed by atoms with Crippen LogP contribution >= 0.6 is 0 Å². The van der Waals surface area contributed by atoms with Gasteiger partial charge in [-0.3, -0.25) is 9.78 Å². The highest BCUT2D eigenvalue weighted by atomic mass is 19.1. The van der Waals surface area contributed by atoms with Crippen LogP contribution in [-0.2, 0) is 4.79 Å². The third-order valence-electron chi connectivity index (χ3n) is 4.81. The molecule has 0 N–H and O–H groups in total. The standard InChI is InChI=1S/C22H20FN5O/c23-19-6-3-17(4-7-19)5-10-22(29)28-14-12-27(13-15-28)21-9-8-20(25-26-21)18-2-1-11-24-16-18/h1-11,16H,12-15H2. The molecule has 0 aliphatic carbocycles. The molecule has 0 saturated carbocycles. The Hall–Kier alpha value is -3.61. The number of piperazine rings is 1. The number of hydrogen-bond acceptors (Lipinski definition) is 5. The molecule has 1 aliphatic rings. The molecule has 0 bridgehead atoms. The Kier molecular flexibility index (Phi) is 5.56. The van der Waals surface area contributed by atoms with Gasteiger partial charge in [0.05, 0.1) is 5.69 Å². The Morgan fingerprint density at radius 3 is 2.41 bits per heavy atom. The summed E-state index contributed by atoms with van der Waals surface area (Å²) in [5.41, 5.74) is 2.50. The van der Waals surface area contributed by atoms with Gasteiger partial charge in [-0.25, -0.2) is 4.39 Å². The van der Waals surface area contributed by atoms with Gasteiger partial charge in [0, 0.05) is 50.2 Å². The molecule has 0 unspecified atom stereocenters. The lowest BCUT2D eigenvalue weighted by atomic mass is 10.2. The summed E-state index contributed by atoms with van der Waals surface area (Å²) in [5, 5.41) is 8.63. The SMILES string of the molecule is O=C(C=Cc1ccc(F)cc1)N1CCN(c2ccc(-c3cccnc3)nn2)CC1. The molecular weight excluding hydrogens is 369 g/mol. The molecule has 1 aromatic carbocycles. The maximum absolute atomic E-state index is 12.9. The highest BCUT2D eigenvalue weighted by Gasteiger charge is 2.20. The van der Waals surface area contributed by atoms with E-state index >= 15 is 0 Å². The maximum Gasteiger partial charge on any atom is 0.246 e. The van der Waals surface area contributed by atoms with Crippen molar-refractivity contribution in [2.24, 2.45) is 0 Å². The van der Waals surface area contributed by atoms with Gasteiger partial charge >= 0.3 is 0 Å². The number of pyridine rings is 1. The molecule has 146 valence electrons. The summed E-state index contributed by atoms with van der Waals surface area (Å²) >= 11 is 0. The van der Waals surface area contributed by atoms with Crippen LogP contribution < -0.4 is 4.90 Å². The number of benzene rings is 1. The first kappa shape index (κ1) is 18.7. The lowest BCUT2D eigenvalue weighted by molar-refractivity contribution is -0.126. The summed E-state index contributed by atoms with van der Waals surface area (Å²) in [6.45, 7) is 2.60. The van der Waals surface area contributed by atoms with E-state index in [0.717, 1.165) is 22.6 Å². The Labute approximate surface area is 168 Å². The zero-order chi connectivity index (χ0) is 20.1. The molecule has 1 fully saturated rings. The minimum Gasteiger partial charge on any atom is -0.352 e. The number of carbonyl (C=O) groups excluding carboxylic acids is 1. The molecule has 6 nitrogen and oxygen atoms in total. The van der Waals surface area contributed by atoms with Crippen molar-refractivity contribution in [2.75, 3.05) is 31.1 Å². The fraction of sp³-hybridized carbons (Fsp3) is 0.182. The average molecular weight is 389 g/mol. The number of nitrogens with zero attached hydrogens (tertiary/aromatic N) is 5.